The van der Waals surface area contributed by atoms with Crippen LogP contribution in [-0.2, 0) is 22.7 Å². The summed E-state index contributed by atoms with van der Waals surface area (Å²) < 4.78 is 5.80. The maximum atomic E-state index is 12.7. The van der Waals surface area contributed by atoms with Crippen molar-refractivity contribution in [2.45, 2.75) is 32.3 Å². The Morgan fingerprint density at radius 3 is 2.41 bits per heavy atom. The molecule has 0 bridgehead atoms. The predicted octanol–water partition coefficient (Wildman–Crippen LogP) is 1.66. The number of hydrogen-bond donors (Lipinski definition) is 3. The molecule has 3 aromatic rings. The summed E-state index contributed by atoms with van der Waals surface area (Å²) in [4.78, 5) is 33.2. The van der Waals surface area contributed by atoms with Gasteiger partial charge in [0.15, 0.2) is 12.2 Å². The van der Waals surface area contributed by atoms with E-state index >= 15 is 0 Å². The monoisotopic (exact) mass is 504 g/mol. The number of aliphatic hydroxyl groups excluding tert-OH is 2. The number of nitrogens with zero attached hydrogens (tertiary/aromatic N) is 3. The summed E-state index contributed by atoms with van der Waals surface area (Å²) in [5.74, 6) is -0.866. The summed E-state index contributed by atoms with van der Waals surface area (Å²) in [6, 6.07) is 22.8. The van der Waals surface area contributed by atoms with Crippen molar-refractivity contribution < 1.29 is 24.5 Å². The molecule has 194 valence electrons. The zero-order valence-corrected chi connectivity index (χ0v) is 20.8. The predicted molar refractivity (Wildman–Crippen MR) is 139 cm³/mol. The first-order chi connectivity index (χ1) is 17.9. The molecule has 9 heteroatoms. The van der Waals surface area contributed by atoms with Crippen LogP contribution >= 0.6 is 0 Å². The summed E-state index contributed by atoms with van der Waals surface area (Å²) in [5, 5.41) is 23.3. The first-order valence-electron chi connectivity index (χ1n) is 12.3. The minimum absolute atomic E-state index is 0.104. The van der Waals surface area contributed by atoms with Crippen LogP contribution in [0.1, 0.15) is 17.0 Å². The van der Waals surface area contributed by atoms with Crippen LogP contribution in [0.3, 0.4) is 0 Å². The Labute approximate surface area is 216 Å². The van der Waals surface area contributed by atoms with E-state index in [-0.39, 0.29) is 6.54 Å². The van der Waals surface area contributed by atoms with Crippen LogP contribution < -0.4 is 15.0 Å². The van der Waals surface area contributed by atoms with Crippen molar-refractivity contribution in [1.29, 1.82) is 0 Å². The second kappa shape index (κ2) is 12.3. The van der Waals surface area contributed by atoms with Crippen LogP contribution in [0, 0.1) is 6.92 Å². The van der Waals surface area contributed by atoms with E-state index in [1.165, 1.54) is 4.90 Å². The van der Waals surface area contributed by atoms with Crippen molar-refractivity contribution in [1.82, 2.24) is 15.2 Å². The summed E-state index contributed by atoms with van der Waals surface area (Å²) in [6.07, 6.45) is -3.70. The largest absolute Gasteiger partial charge is 0.487 e. The first-order valence-corrected chi connectivity index (χ1v) is 12.3. The molecule has 4 rings (SSSR count). The van der Waals surface area contributed by atoms with E-state index in [1.54, 1.807) is 24.3 Å². The van der Waals surface area contributed by atoms with Gasteiger partial charge in [0, 0.05) is 44.1 Å². The van der Waals surface area contributed by atoms with Gasteiger partial charge in [0.2, 0.25) is 0 Å². The number of carbonyl (C=O) groups is 2. The number of hydrogen-bond acceptors (Lipinski definition) is 7. The number of para-hydroxylation sites is 1. The van der Waals surface area contributed by atoms with Crippen molar-refractivity contribution in [3.8, 4) is 5.75 Å². The molecular weight excluding hydrogens is 472 g/mol. The van der Waals surface area contributed by atoms with Gasteiger partial charge in [0.25, 0.3) is 11.8 Å². The Hall–Kier alpha value is -3.95. The molecule has 0 spiro atoms. The molecule has 1 aromatic heterocycles. The third-order valence-corrected chi connectivity index (χ3v) is 6.23. The van der Waals surface area contributed by atoms with E-state index in [9.17, 15) is 19.8 Å². The van der Waals surface area contributed by atoms with Gasteiger partial charge in [0.1, 0.15) is 12.4 Å². The Bertz CT molecular complexity index is 1200. The molecule has 3 N–H and O–H groups in total. The summed E-state index contributed by atoms with van der Waals surface area (Å²) in [6.45, 7) is 4.31. The van der Waals surface area contributed by atoms with E-state index in [4.69, 9.17) is 4.74 Å². The minimum Gasteiger partial charge on any atom is -0.487 e. The van der Waals surface area contributed by atoms with Gasteiger partial charge in [-0.3, -0.25) is 14.6 Å². The molecule has 37 heavy (non-hydrogen) atoms. The number of nitrogens with one attached hydrogen (secondary N) is 1. The molecule has 0 saturated carbocycles. The molecule has 0 radical (unpaired) electrons. The molecule has 1 fully saturated rings. The lowest BCUT2D eigenvalue weighted by atomic mass is 10.1. The van der Waals surface area contributed by atoms with Crippen LogP contribution in [0.5, 0.6) is 5.75 Å². The number of carbonyl (C=O) groups excluding carboxylic acids is 2. The van der Waals surface area contributed by atoms with Crippen LogP contribution in [-0.4, -0.2) is 70.3 Å². The van der Waals surface area contributed by atoms with Crippen LogP contribution in [0.2, 0.25) is 0 Å². The fraction of sp³-hybridized carbons (Fsp3) is 0.321. The maximum Gasteiger partial charge on any atom is 0.254 e. The van der Waals surface area contributed by atoms with Gasteiger partial charge >= 0.3 is 0 Å². The van der Waals surface area contributed by atoms with Gasteiger partial charge < -0.3 is 30.1 Å². The second-order valence-electron chi connectivity index (χ2n) is 8.96. The molecule has 0 aliphatic carbocycles. The third kappa shape index (κ3) is 7.05. The van der Waals surface area contributed by atoms with Crippen LogP contribution in [0.4, 0.5) is 5.69 Å². The quantitative estimate of drug-likeness (QED) is 0.406. The van der Waals surface area contributed by atoms with Crippen molar-refractivity contribution in [3.63, 3.8) is 0 Å². The lowest BCUT2D eigenvalue weighted by Gasteiger charge is -2.37. The average molecular weight is 505 g/mol. The molecule has 9 nitrogen and oxygen atoms in total. The molecule has 2 aromatic carbocycles. The average Bonchev–Trinajstić information content (AvgIpc) is 2.94. The molecule has 1 aliphatic rings. The zero-order valence-electron chi connectivity index (χ0n) is 20.8. The van der Waals surface area contributed by atoms with Gasteiger partial charge in [-0.2, -0.15) is 0 Å². The number of aliphatic hydroxyl groups is 2. The Balaban J connectivity index is 1.24. The highest BCUT2D eigenvalue weighted by Crippen LogP contribution is 2.17. The SMILES string of the molecule is Cc1cccc(COc2cccc(CNC(=O)[C@H](O)[C@@H](O)C(=O)N3CCN(c4ccccc4)CC3)c2)n1. The number of ether oxygens (including phenoxy) is 1. The fourth-order valence-corrected chi connectivity index (χ4v) is 4.17. The van der Waals surface area contributed by atoms with E-state index in [0.29, 0.717) is 38.5 Å². The topological polar surface area (TPSA) is 115 Å². The van der Waals surface area contributed by atoms with Crippen LogP contribution in [0.15, 0.2) is 72.8 Å². The van der Waals surface area contributed by atoms with Crippen LogP contribution in [0.25, 0.3) is 0 Å². The number of aryl methyl sites for hydroxylation is 1. The highest BCUT2D eigenvalue weighted by atomic mass is 16.5. The van der Waals surface area contributed by atoms with E-state index < -0.39 is 24.0 Å². The summed E-state index contributed by atoms with van der Waals surface area (Å²) in [5.41, 5.74) is 3.53. The Morgan fingerprint density at radius 2 is 1.68 bits per heavy atom. The first kappa shape index (κ1) is 26.1. The molecule has 2 heterocycles. The lowest BCUT2D eigenvalue weighted by molar-refractivity contribution is -0.153. The van der Waals surface area contributed by atoms with Gasteiger partial charge in [-0.1, -0.05) is 36.4 Å². The highest BCUT2D eigenvalue weighted by Gasteiger charge is 2.34. The molecule has 1 aliphatic heterocycles. The van der Waals surface area contributed by atoms with Crippen molar-refractivity contribution in [2.24, 2.45) is 0 Å². The number of anilines is 1. The smallest absolute Gasteiger partial charge is 0.254 e. The van der Waals surface area contributed by atoms with Crippen molar-refractivity contribution in [2.75, 3.05) is 31.1 Å². The Kier molecular flexibility index (Phi) is 8.71. The molecule has 0 unspecified atom stereocenters. The number of benzene rings is 2. The minimum atomic E-state index is -1.87. The van der Waals surface area contributed by atoms with Gasteiger partial charge in [-0.05, 0) is 48.9 Å². The molecular formula is C28H32N4O5. The number of pyridine rings is 1. The van der Waals surface area contributed by atoms with E-state index in [0.717, 1.165) is 22.6 Å². The standard InChI is InChI=1S/C28H32N4O5/c1-20-7-5-9-22(30-20)19-37-24-12-6-8-21(17-24)18-29-27(35)25(33)26(34)28(36)32-15-13-31(14-16-32)23-10-3-2-4-11-23/h2-12,17,25-26,33-34H,13-16,18-19H2,1H3,(H,29,35)/t25-,26-/m1/s1. The normalized spacial score (nSPS) is 15.1. The summed E-state index contributed by atoms with van der Waals surface area (Å²) in [7, 11) is 0. The van der Waals surface area contributed by atoms with Crippen molar-refractivity contribution in [3.05, 3.63) is 89.7 Å². The van der Waals surface area contributed by atoms with E-state index in [2.05, 4.69) is 15.2 Å². The lowest BCUT2D eigenvalue weighted by Crippen LogP contribution is -2.55. The maximum absolute atomic E-state index is 12.7. The zero-order chi connectivity index (χ0) is 26.2. The third-order valence-electron chi connectivity index (χ3n) is 6.23. The number of amides is 2. The second-order valence-corrected chi connectivity index (χ2v) is 8.96. The Morgan fingerprint density at radius 1 is 0.946 bits per heavy atom. The fourth-order valence-electron chi connectivity index (χ4n) is 4.17. The summed E-state index contributed by atoms with van der Waals surface area (Å²) >= 11 is 0. The number of piperazine rings is 1. The van der Waals surface area contributed by atoms with Crippen molar-refractivity contribution >= 4 is 17.5 Å². The van der Waals surface area contributed by atoms with Gasteiger partial charge in [-0.25, -0.2) is 0 Å². The van der Waals surface area contributed by atoms with Gasteiger partial charge in [-0.15, -0.1) is 0 Å². The number of aromatic nitrogens is 1. The molecule has 1 saturated heterocycles. The molecule has 2 atom stereocenters. The number of rotatable bonds is 9. The highest BCUT2D eigenvalue weighted by molar-refractivity contribution is 5.90. The molecule has 2 amide bonds. The van der Waals surface area contributed by atoms with E-state index in [1.807, 2.05) is 55.5 Å². The van der Waals surface area contributed by atoms with Gasteiger partial charge in [0.05, 0.1) is 5.69 Å².